The Hall–Kier alpha value is -1.98. The number of aliphatic hydroxyl groups is 1. The molecule has 180 valence electrons. The molecule has 1 amide bonds. The molecule has 2 aromatic rings. The van der Waals surface area contributed by atoms with Crippen molar-refractivity contribution in [2.75, 3.05) is 13.2 Å². The van der Waals surface area contributed by atoms with Crippen LogP contribution in [-0.4, -0.2) is 29.9 Å². The number of hydrogen-bond acceptors (Lipinski definition) is 4. The van der Waals surface area contributed by atoms with E-state index in [0.29, 0.717) is 31.2 Å². The summed E-state index contributed by atoms with van der Waals surface area (Å²) in [5.74, 6) is 0.252. The van der Waals surface area contributed by atoms with Gasteiger partial charge in [-0.3, -0.25) is 9.59 Å². The van der Waals surface area contributed by atoms with Crippen LogP contribution in [0.25, 0.3) is 0 Å². The van der Waals surface area contributed by atoms with E-state index in [0.717, 1.165) is 37.0 Å². The first-order valence-corrected chi connectivity index (χ1v) is 13.1. The molecule has 0 atom stereocenters. The molecule has 1 heterocycles. The van der Waals surface area contributed by atoms with Gasteiger partial charge >= 0.3 is 0 Å². The van der Waals surface area contributed by atoms with Gasteiger partial charge in [-0.1, -0.05) is 32.9 Å². The highest BCUT2D eigenvalue weighted by Crippen LogP contribution is 2.42. The third-order valence-electron chi connectivity index (χ3n) is 6.91. The van der Waals surface area contributed by atoms with Gasteiger partial charge in [-0.15, -0.1) is 11.3 Å². The first kappa shape index (κ1) is 25.6. The molecule has 5 heteroatoms. The number of nitrogens with one attached hydrogen (secondary N) is 1. The highest BCUT2D eigenvalue weighted by Gasteiger charge is 2.31. The maximum absolute atomic E-state index is 13.2. The lowest BCUT2D eigenvalue weighted by Crippen LogP contribution is -2.26. The summed E-state index contributed by atoms with van der Waals surface area (Å²) in [7, 11) is 0. The molecule has 0 saturated carbocycles. The Morgan fingerprint density at radius 1 is 1.09 bits per heavy atom. The maximum atomic E-state index is 13.2. The summed E-state index contributed by atoms with van der Waals surface area (Å²) >= 11 is 1.74. The van der Waals surface area contributed by atoms with Crippen molar-refractivity contribution in [1.82, 2.24) is 5.32 Å². The number of hydrogen-bond donors (Lipinski definition) is 2. The number of rotatable bonds is 10. The lowest BCUT2D eigenvalue weighted by atomic mass is 9.74. The molecule has 0 bridgehead atoms. The van der Waals surface area contributed by atoms with Gasteiger partial charge in [0.2, 0.25) is 5.91 Å². The highest BCUT2D eigenvalue weighted by atomic mass is 32.1. The summed E-state index contributed by atoms with van der Waals surface area (Å²) in [5.41, 5.74) is 7.87. The molecule has 3 rings (SSSR count). The number of thiophene rings is 1. The molecular formula is C28H39NO3S. The normalized spacial score (nSPS) is 14.7. The molecule has 0 aliphatic heterocycles. The standard InChI is InChI=1S/C28H39NO3S/c1-6-25-23-17-28(4,5)12-11-22(23)27(33-25)24(31)9-7-20-15-18(2)21(19(3)16-20)8-10-26(32)29-13-14-30/h15-16,30H,6-14,17H2,1-5H3,(H,29,32). The fraction of sp³-hybridized carbons (Fsp3) is 0.571. The summed E-state index contributed by atoms with van der Waals surface area (Å²) < 4.78 is 0. The van der Waals surface area contributed by atoms with Crippen LogP contribution in [0.3, 0.4) is 0 Å². The van der Waals surface area contributed by atoms with Crippen molar-refractivity contribution in [2.45, 2.75) is 86.0 Å². The molecule has 1 aromatic heterocycles. The summed E-state index contributed by atoms with van der Waals surface area (Å²) in [6, 6.07) is 4.34. The van der Waals surface area contributed by atoms with Gasteiger partial charge in [0.1, 0.15) is 0 Å². The average Bonchev–Trinajstić information content (AvgIpc) is 3.12. The second-order valence-electron chi connectivity index (χ2n) is 10.2. The molecule has 1 aromatic carbocycles. The third kappa shape index (κ3) is 6.33. The lowest BCUT2D eigenvalue weighted by molar-refractivity contribution is -0.121. The summed E-state index contributed by atoms with van der Waals surface area (Å²) in [5, 5.41) is 11.5. The minimum absolute atomic E-state index is 0.0355. The Labute approximate surface area is 202 Å². The van der Waals surface area contributed by atoms with E-state index in [1.54, 1.807) is 11.3 Å². The Balaban J connectivity index is 1.66. The highest BCUT2D eigenvalue weighted by molar-refractivity contribution is 7.14. The van der Waals surface area contributed by atoms with Crippen molar-refractivity contribution in [1.29, 1.82) is 0 Å². The topological polar surface area (TPSA) is 66.4 Å². The van der Waals surface area contributed by atoms with Crippen LogP contribution >= 0.6 is 11.3 Å². The van der Waals surface area contributed by atoms with Gasteiger partial charge in [-0.05, 0) is 91.2 Å². The maximum Gasteiger partial charge on any atom is 0.220 e. The Morgan fingerprint density at radius 3 is 2.42 bits per heavy atom. The summed E-state index contributed by atoms with van der Waals surface area (Å²) in [4.78, 5) is 27.5. The number of Topliss-reactive ketones (excluding diaryl/α,β-unsaturated/α-hetero) is 1. The fourth-order valence-electron chi connectivity index (χ4n) is 5.08. The molecule has 4 nitrogen and oxygen atoms in total. The molecule has 0 spiro atoms. The number of carbonyl (C=O) groups is 2. The predicted octanol–water partition coefficient (Wildman–Crippen LogP) is 5.30. The SMILES string of the molecule is CCc1sc(C(=O)CCc2cc(C)c(CCC(=O)NCCO)c(C)c2)c2c1CC(C)(C)CC2. The van der Waals surface area contributed by atoms with Crippen LogP contribution in [-0.2, 0) is 36.9 Å². The molecule has 2 N–H and O–H groups in total. The molecule has 0 unspecified atom stereocenters. The van der Waals surface area contributed by atoms with E-state index in [1.165, 1.54) is 38.3 Å². The fourth-order valence-corrected chi connectivity index (χ4v) is 6.35. The molecule has 1 aliphatic carbocycles. The van der Waals surface area contributed by atoms with Crippen LogP contribution in [0.4, 0.5) is 0 Å². The summed E-state index contributed by atoms with van der Waals surface area (Å²) in [6.07, 6.45) is 6.67. The zero-order chi connectivity index (χ0) is 24.2. The second kappa shape index (κ2) is 11.0. The van der Waals surface area contributed by atoms with Crippen molar-refractivity contribution in [3.8, 4) is 0 Å². The minimum Gasteiger partial charge on any atom is -0.395 e. The third-order valence-corrected chi connectivity index (χ3v) is 8.37. The summed E-state index contributed by atoms with van der Waals surface area (Å²) in [6.45, 7) is 11.3. The quantitative estimate of drug-likeness (QED) is 0.464. The molecule has 33 heavy (non-hydrogen) atoms. The van der Waals surface area contributed by atoms with Crippen molar-refractivity contribution >= 4 is 23.0 Å². The number of aliphatic hydroxyl groups excluding tert-OH is 1. The van der Waals surface area contributed by atoms with E-state index in [4.69, 9.17) is 5.11 Å². The van der Waals surface area contributed by atoms with E-state index in [2.05, 4.69) is 52.1 Å². The van der Waals surface area contributed by atoms with E-state index < -0.39 is 0 Å². The first-order valence-electron chi connectivity index (χ1n) is 12.3. The number of amides is 1. The van der Waals surface area contributed by atoms with Gasteiger partial charge in [-0.25, -0.2) is 0 Å². The Morgan fingerprint density at radius 2 is 1.79 bits per heavy atom. The van der Waals surface area contributed by atoms with Crippen molar-refractivity contribution in [3.63, 3.8) is 0 Å². The number of carbonyl (C=O) groups excluding carboxylic acids is 2. The van der Waals surface area contributed by atoms with Crippen LogP contribution in [0.2, 0.25) is 0 Å². The predicted molar refractivity (Wildman–Crippen MR) is 136 cm³/mol. The minimum atomic E-state index is -0.0385. The monoisotopic (exact) mass is 469 g/mol. The lowest BCUT2D eigenvalue weighted by Gasteiger charge is -2.30. The molecule has 1 aliphatic rings. The van der Waals surface area contributed by atoms with E-state index >= 15 is 0 Å². The Bertz CT molecular complexity index is 995. The van der Waals surface area contributed by atoms with Crippen LogP contribution in [0.15, 0.2) is 12.1 Å². The number of ketones is 1. The van der Waals surface area contributed by atoms with E-state index in [1.807, 2.05) is 0 Å². The molecule has 0 saturated heterocycles. The number of aryl methyl sites for hydroxylation is 4. The molecule has 0 fully saturated rings. The van der Waals surface area contributed by atoms with Crippen molar-refractivity contribution in [2.24, 2.45) is 5.41 Å². The second-order valence-corrected chi connectivity index (χ2v) is 11.3. The van der Waals surface area contributed by atoms with Gasteiger partial charge in [0.15, 0.2) is 5.78 Å². The largest absolute Gasteiger partial charge is 0.395 e. The van der Waals surface area contributed by atoms with Gasteiger partial charge < -0.3 is 10.4 Å². The molecular weight excluding hydrogens is 430 g/mol. The van der Waals surface area contributed by atoms with Crippen molar-refractivity contribution in [3.05, 3.63) is 55.3 Å². The zero-order valence-corrected chi connectivity index (χ0v) is 21.7. The van der Waals surface area contributed by atoms with Gasteiger partial charge in [0.25, 0.3) is 0 Å². The number of benzene rings is 1. The van der Waals surface area contributed by atoms with Crippen LogP contribution in [0.5, 0.6) is 0 Å². The first-order chi connectivity index (χ1) is 15.6. The van der Waals surface area contributed by atoms with E-state index in [-0.39, 0.29) is 18.3 Å². The number of fused-ring (bicyclic) bond motifs is 1. The van der Waals surface area contributed by atoms with Crippen molar-refractivity contribution < 1.29 is 14.7 Å². The van der Waals surface area contributed by atoms with Crippen LogP contribution in [0, 0.1) is 19.3 Å². The molecule has 0 radical (unpaired) electrons. The Kier molecular flexibility index (Phi) is 8.52. The van der Waals surface area contributed by atoms with Gasteiger partial charge in [0, 0.05) is 24.3 Å². The van der Waals surface area contributed by atoms with Crippen LogP contribution < -0.4 is 5.32 Å². The zero-order valence-electron chi connectivity index (χ0n) is 20.9. The van der Waals surface area contributed by atoms with E-state index in [9.17, 15) is 9.59 Å². The van der Waals surface area contributed by atoms with Gasteiger partial charge in [-0.2, -0.15) is 0 Å². The smallest absolute Gasteiger partial charge is 0.220 e. The van der Waals surface area contributed by atoms with Crippen LogP contribution in [0.1, 0.15) is 88.0 Å². The average molecular weight is 470 g/mol. The van der Waals surface area contributed by atoms with Gasteiger partial charge in [0.05, 0.1) is 11.5 Å².